The van der Waals surface area contributed by atoms with Crippen molar-refractivity contribution < 1.29 is 14.7 Å². The van der Waals surface area contributed by atoms with E-state index in [1.165, 1.54) is 56.1 Å². The summed E-state index contributed by atoms with van der Waals surface area (Å²) in [7, 11) is 0. The van der Waals surface area contributed by atoms with Crippen molar-refractivity contribution in [2.75, 3.05) is 0 Å². The molecular weight excluding hydrogens is 546 g/mol. The molecule has 44 heavy (non-hydrogen) atoms. The summed E-state index contributed by atoms with van der Waals surface area (Å²) in [5.74, 6) is 1.75. The summed E-state index contributed by atoms with van der Waals surface area (Å²) < 4.78 is 1.88. The summed E-state index contributed by atoms with van der Waals surface area (Å²) in [5.41, 5.74) is 3.67. The van der Waals surface area contributed by atoms with Gasteiger partial charge in [0.05, 0.1) is 11.9 Å². The summed E-state index contributed by atoms with van der Waals surface area (Å²) >= 11 is 0. The summed E-state index contributed by atoms with van der Waals surface area (Å²) in [6, 6.07) is 7.55. The van der Waals surface area contributed by atoms with Crippen molar-refractivity contribution >= 4 is 17.4 Å². The topological polar surface area (TPSA) is 84.2 Å². The molecule has 0 radical (unpaired) electrons. The van der Waals surface area contributed by atoms with Gasteiger partial charge in [-0.25, -0.2) is 9.78 Å². The number of hydrogen-bond donors (Lipinski definition) is 2. The fraction of sp³-hybridized carbons (Fsp3) is 0.658. The Morgan fingerprint density at radius 3 is 2.39 bits per heavy atom. The van der Waals surface area contributed by atoms with Crippen LogP contribution in [0.4, 0.5) is 0 Å². The summed E-state index contributed by atoms with van der Waals surface area (Å²) in [5, 5.41) is 13.1. The van der Waals surface area contributed by atoms with Crippen LogP contribution >= 0.6 is 0 Å². The number of allylic oxidation sites excluding steroid dienone is 2. The molecule has 6 nitrogen and oxygen atoms in total. The van der Waals surface area contributed by atoms with E-state index in [-0.39, 0.29) is 33.1 Å². The number of carbonyl (C=O) groups is 2. The number of rotatable bonds is 5. The molecule has 1 amide bonds. The molecule has 1 aromatic heterocycles. The van der Waals surface area contributed by atoms with Crippen LogP contribution in [0.5, 0.6) is 0 Å². The molecule has 0 saturated heterocycles. The van der Waals surface area contributed by atoms with Gasteiger partial charge in [0.25, 0.3) is 0 Å². The number of nitrogens with zero attached hydrogens (tertiary/aromatic N) is 2. The average molecular weight is 598 g/mol. The third kappa shape index (κ3) is 4.14. The highest BCUT2D eigenvalue weighted by atomic mass is 16.4. The highest BCUT2D eigenvalue weighted by Gasteiger charge is 2.69. The van der Waals surface area contributed by atoms with Crippen molar-refractivity contribution in [3.8, 4) is 0 Å². The van der Waals surface area contributed by atoms with E-state index < -0.39 is 5.97 Å². The number of nitrogens with one attached hydrogen (secondary N) is 1. The zero-order valence-corrected chi connectivity index (χ0v) is 27.4. The first-order valence-electron chi connectivity index (χ1n) is 17.2. The standard InChI is InChI=1S/C38H51N3O3/c1-34(2)27(25-8-10-26(11-9-25)33(43)44)14-17-35(3)30(34)15-18-37(5)31(35)13-12-28-29-7-6-16-38(29,20-19-36(28,37)4)40-32(42)23-41-22-21-39-24-41/h8-11,14,21-22,24,28-31H,6-7,12-13,15-20,23H2,1-5H3,(H,40,42)(H,43,44)/t28-,29?,30?,31?,35+,36-,37-,38+/m1/s1. The van der Waals surface area contributed by atoms with Gasteiger partial charge in [0.1, 0.15) is 6.54 Å². The van der Waals surface area contributed by atoms with Crippen molar-refractivity contribution in [3.05, 3.63) is 60.2 Å². The molecule has 1 aromatic carbocycles. The maximum absolute atomic E-state index is 13.3. The fourth-order valence-electron chi connectivity index (χ4n) is 12.5. The minimum absolute atomic E-state index is 0.0174. The normalized spacial score (nSPS) is 40.5. The number of hydrogen-bond acceptors (Lipinski definition) is 3. The lowest BCUT2D eigenvalue weighted by molar-refractivity contribution is -0.217. The van der Waals surface area contributed by atoms with Crippen LogP contribution in [-0.4, -0.2) is 32.1 Å². The Kier molecular flexibility index (Phi) is 6.81. The summed E-state index contributed by atoms with van der Waals surface area (Å²) in [4.78, 5) is 28.9. The largest absolute Gasteiger partial charge is 0.478 e. The van der Waals surface area contributed by atoms with Crippen molar-refractivity contribution in [1.29, 1.82) is 0 Å². The van der Waals surface area contributed by atoms with Crippen LogP contribution in [0, 0.1) is 45.3 Å². The molecule has 0 bridgehead atoms. The number of aromatic nitrogens is 2. The average Bonchev–Trinajstić information content (AvgIpc) is 3.63. The van der Waals surface area contributed by atoms with Gasteiger partial charge in [-0.05, 0) is 126 Å². The maximum atomic E-state index is 13.3. The lowest BCUT2D eigenvalue weighted by atomic mass is 9.33. The van der Waals surface area contributed by atoms with Crippen LogP contribution in [0.25, 0.3) is 5.57 Å². The van der Waals surface area contributed by atoms with Crippen molar-refractivity contribution in [2.24, 2.45) is 45.3 Å². The van der Waals surface area contributed by atoms with Crippen molar-refractivity contribution in [1.82, 2.24) is 14.9 Å². The van der Waals surface area contributed by atoms with Gasteiger partial charge >= 0.3 is 5.97 Å². The van der Waals surface area contributed by atoms with Crippen LogP contribution in [-0.2, 0) is 11.3 Å². The minimum atomic E-state index is -0.869. The SMILES string of the molecule is CC1(C)C(c2ccc(C(=O)O)cc2)=CC[C@@]2(C)C1CC[C@]1(C)C2CC[C@@H]2C3CCC[C@]3(NC(=O)Cn3ccnc3)CC[C@]21C. The van der Waals surface area contributed by atoms with Crippen molar-refractivity contribution in [2.45, 2.75) is 111 Å². The Labute approximate surface area is 263 Å². The first-order valence-corrected chi connectivity index (χ1v) is 17.2. The highest BCUT2D eigenvalue weighted by Crippen LogP contribution is 2.76. The Hall–Kier alpha value is -2.89. The van der Waals surface area contributed by atoms with E-state index in [4.69, 9.17) is 0 Å². The lowest BCUT2D eigenvalue weighted by Crippen LogP contribution is -2.67. The Morgan fingerprint density at radius 2 is 1.68 bits per heavy atom. The first-order chi connectivity index (χ1) is 20.8. The molecule has 5 aliphatic rings. The second-order valence-corrected chi connectivity index (χ2v) is 16.5. The molecule has 8 atom stereocenters. The van der Waals surface area contributed by atoms with Crippen LogP contribution in [0.2, 0.25) is 0 Å². The maximum Gasteiger partial charge on any atom is 0.335 e. The molecule has 4 fully saturated rings. The predicted octanol–water partition coefficient (Wildman–Crippen LogP) is 8.00. The van der Waals surface area contributed by atoms with Crippen LogP contribution in [0.1, 0.15) is 115 Å². The van der Waals surface area contributed by atoms with Crippen LogP contribution < -0.4 is 5.32 Å². The second kappa shape index (κ2) is 10.1. The van der Waals surface area contributed by atoms with Gasteiger partial charge in [-0.2, -0.15) is 0 Å². The van der Waals surface area contributed by atoms with Gasteiger partial charge in [0.15, 0.2) is 0 Å². The van der Waals surface area contributed by atoms with Gasteiger partial charge in [0.2, 0.25) is 5.91 Å². The number of amides is 1. The third-order valence-corrected chi connectivity index (χ3v) is 14.7. The minimum Gasteiger partial charge on any atom is -0.478 e. The zero-order valence-electron chi connectivity index (χ0n) is 27.4. The molecule has 4 saturated carbocycles. The van der Waals surface area contributed by atoms with E-state index in [9.17, 15) is 14.7 Å². The summed E-state index contributed by atoms with van der Waals surface area (Å²) in [6.45, 7) is 13.2. The van der Waals surface area contributed by atoms with Gasteiger partial charge in [-0.15, -0.1) is 0 Å². The van der Waals surface area contributed by atoms with E-state index in [2.05, 4.69) is 51.0 Å². The smallest absolute Gasteiger partial charge is 0.335 e. The molecule has 1 heterocycles. The van der Waals surface area contributed by atoms with E-state index in [0.29, 0.717) is 35.8 Å². The van der Waals surface area contributed by atoms with Gasteiger partial charge < -0.3 is 15.0 Å². The van der Waals surface area contributed by atoms with E-state index in [0.717, 1.165) is 19.3 Å². The molecule has 0 aliphatic heterocycles. The van der Waals surface area contributed by atoms with E-state index in [1.54, 1.807) is 24.7 Å². The highest BCUT2D eigenvalue weighted by molar-refractivity contribution is 5.88. The quantitative estimate of drug-likeness (QED) is 0.366. The van der Waals surface area contributed by atoms with E-state index >= 15 is 0 Å². The molecular formula is C38H51N3O3. The number of carboxylic acid groups (broad SMARTS) is 1. The molecule has 0 spiro atoms. The van der Waals surface area contributed by atoms with Crippen LogP contribution in [0.15, 0.2) is 49.1 Å². The zero-order chi connectivity index (χ0) is 31.1. The Balaban J connectivity index is 1.16. The molecule has 3 unspecified atom stereocenters. The number of carbonyl (C=O) groups excluding carboxylic acids is 1. The number of imidazole rings is 1. The molecule has 7 rings (SSSR count). The van der Waals surface area contributed by atoms with Gasteiger partial charge in [0, 0.05) is 17.9 Å². The molecule has 2 N–H and O–H groups in total. The lowest BCUT2D eigenvalue weighted by Gasteiger charge is -2.72. The Bertz CT molecular complexity index is 1480. The number of fused-ring (bicyclic) bond motifs is 7. The molecule has 6 heteroatoms. The predicted molar refractivity (Wildman–Crippen MR) is 173 cm³/mol. The second-order valence-electron chi connectivity index (χ2n) is 16.5. The number of benzene rings is 1. The number of carboxylic acids is 1. The molecule has 5 aliphatic carbocycles. The third-order valence-electron chi connectivity index (χ3n) is 14.7. The van der Waals surface area contributed by atoms with Crippen molar-refractivity contribution in [3.63, 3.8) is 0 Å². The fourth-order valence-corrected chi connectivity index (χ4v) is 12.5. The molecule has 2 aromatic rings. The van der Waals surface area contributed by atoms with Gasteiger partial charge in [-0.1, -0.05) is 59.2 Å². The first kappa shape index (κ1) is 29.8. The summed E-state index contributed by atoms with van der Waals surface area (Å²) in [6.07, 6.45) is 19.9. The Morgan fingerprint density at radius 1 is 0.909 bits per heavy atom. The van der Waals surface area contributed by atoms with E-state index in [1.807, 2.05) is 22.9 Å². The molecule has 236 valence electrons. The number of aromatic carboxylic acids is 1. The monoisotopic (exact) mass is 597 g/mol. The van der Waals surface area contributed by atoms with Gasteiger partial charge in [-0.3, -0.25) is 4.79 Å². The van der Waals surface area contributed by atoms with Crippen LogP contribution in [0.3, 0.4) is 0 Å².